The Bertz CT molecular complexity index is 886. The van der Waals surface area contributed by atoms with Crippen LogP contribution in [-0.2, 0) is 11.3 Å². The fraction of sp³-hybridized carbons (Fsp3) is 0.368. The van der Waals surface area contributed by atoms with Gasteiger partial charge in [-0.3, -0.25) is 4.79 Å². The van der Waals surface area contributed by atoms with Crippen LogP contribution >= 0.6 is 11.5 Å². The van der Waals surface area contributed by atoms with E-state index in [4.69, 9.17) is 0 Å². The van der Waals surface area contributed by atoms with Crippen molar-refractivity contribution in [2.45, 2.75) is 20.4 Å². The quantitative estimate of drug-likeness (QED) is 0.726. The second kappa shape index (κ2) is 6.52. The van der Waals surface area contributed by atoms with Crippen LogP contribution in [0.5, 0.6) is 0 Å². The number of hydrogen-bond donors (Lipinski definition) is 0. The highest BCUT2D eigenvalue weighted by molar-refractivity contribution is 7.13. The predicted molar refractivity (Wildman–Crippen MR) is 102 cm³/mol. The molecule has 0 saturated carbocycles. The lowest BCUT2D eigenvalue weighted by atomic mass is 10.2. The number of rotatable bonds is 3. The van der Waals surface area contributed by atoms with Gasteiger partial charge in [-0.25, -0.2) is 0 Å². The van der Waals surface area contributed by atoms with Gasteiger partial charge in [0.05, 0.1) is 4.70 Å². The van der Waals surface area contributed by atoms with Gasteiger partial charge in [-0.15, -0.1) is 0 Å². The van der Waals surface area contributed by atoms with Crippen LogP contribution < -0.4 is 4.90 Å². The van der Waals surface area contributed by atoms with E-state index < -0.39 is 0 Å². The van der Waals surface area contributed by atoms with Crippen molar-refractivity contribution in [3.63, 3.8) is 0 Å². The number of aromatic nitrogens is 2. The Morgan fingerprint density at radius 2 is 1.72 bits per heavy atom. The summed E-state index contributed by atoms with van der Waals surface area (Å²) in [4.78, 5) is 16.9. The third-order valence-corrected chi connectivity index (χ3v) is 5.82. The number of carbonyl (C=O) groups excluding carboxylic acids is 1. The monoisotopic (exact) mass is 354 g/mol. The number of anilines is 1. The summed E-state index contributed by atoms with van der Waals surface area (Å²) in [6.45, 7) is 7.71. The lowest BCUT2D eigenvalue weighted by Gasteiger charge is -2.35. The second-order valence-corrected chi connectivity index (χ2v) is 7.38. The molecular weight excluding hydrogens is 332 g/mol. The summed E-state index contributed by atoms with van der Waals surface area (Å²) in [5.74, 6) is 1.26. The van der Waals surface area contributed by atoms with E-state index in [2.05, 4.69) is 44.2 Å². The molecule has 3 heterocycles. The molecule has 2 aromatic heterocycles. The van der Waals surface area contributed by atoms with Crippen molar-refractivity contribution >= 4 is 33.3 Å². The molecular formula is C19H22N4OS. The van der Waals surface area contributed by atoms with Crippen molar-refractivity contribution in [2.24, 2.45) is 0 Å². The summed E-state index contributed by atoms with van der Waals surface area (Å²) in [7, 11) is 0. The molecule has 0 N–H and O–H groups in total. The largest absolute Gasteiger partial charge is 0.352 e. The van der Waals surface area contributed by atoms with Crippen LogP contribution in [0.3, 0.4) is 0 Å². The molecule has 0 aliphatic carbocycles. The smallest absolute Gasteiger partial charge is 0.242 e. The van der Waals surface area contributed by atoms with Gasteiger partial charge in [0.2, 0.25) is 5.91 Å². The first-order valence-electron chi connectivity index (χ1n) is 8.63. The van der Waals surface area contributed by atoms with E-state index in [0.717, 1.165) is 43.4 Å². The van der Waals surface area contributed by atoms with E-state index in [0.29, 0.717) is 6.54 Å². The van der Waals surface area contributed by atoms with Crippen molar-refractivity contribution < 1.29 is 4.79 Å². The molecule has 6 heteroatoms. The summed E-state index contributed by atoms with van der Waals surface area (Å²) in [5.41, 5.74) is 2.27. The fourth-order valence-electron chi connectivity index (χ4n) is 3.45. The zero-order chi connectivity index (χ0) is 17.4. The van der Waals surface area contributed by atoms with Gasteiger partial charge in [-0.05, 0) is 49.6 Å². The zero-order valence-corrected chi connectivity index (χ0v) is 15.4. The predicted octanol–water partition coefficient (Wildman–Crippen LogP) is 3.06. The number of aryl methyl sites for hydroxylation is 2. The standard InChI is InChI=1S/C19H22N4OS/c1-14-7-8-15(2)23(14)13-18(24)21-9-11-22(12-10-21)19-16-5-3-4-6-17(16)25-20-19/h3-8H,9-13H2,1-2H3. The molecule has 0 atom stereocenters. The van der Waals surface area contributed by atoms with Crippen molar-refractivity contribution in [3.05, 3.63) is 47.8 Å². The third kappa shape index (κ3) is 3.02. The molecule has 25 heavy (non-hydrogen) atoms. The van der Waals surface area contributed by atoms with Gasteiger partial charge < -0.3 is 14.4 Å². The molecule has 1 fully saturated rings. The number of carbonyl (C=O) groups is 1. The van der Waals surface area contributed by atoms with E-state index in [-0.39, 0.29) is 5.91 Å². The number of benzene rings is 1. The molecule has 0 unspecified atom stereocenters. The van der Waals surface area contributed by atoms with Crippen LogP contribution in [0.15, 0.2) is 36.4 Å². The molecule has 1 aromatic carbocycles. The SMILES string of the molecule is Cc1ccc(C)n1CC(=O)N1CCN(c2nsc3ccccc23)CC1. The van der Waals surface area contributed by atoms with Crippen LogP contribution in [0.4, 0.5) is 5.82 Å². The molecule has 1 saturated heterocycles. The van der Waals surface area contributed by atoms with E-state index in [1.807, 2.05) is 24.8 Å². The van der Waals surface area contributed by atoms with Gasteiger partial charge in [-0.1, -0.05) is 12.1 Å². The van der Waals surface area contributed by atoms with Crippen LogP contribution in [0.25, 0.3) is 10.1 Å². The average molecular weight is 354 g/mol. The summed E-state index contributed by atoms with van der Waals surface area (Å²) in [6.07, 6.45) is 0. The molecule has 0 spiro atoms. The Kier molecular flexibility index (Phi) is 4.21. The highest BCUT2D eigenvalue weighted by Gasteiger charge is 2.24. The van der Waals surface area contributed by atoms with Gasteiger partial charge in [0.25, 0.3) is 0 Å². The summed E-state index contributed by atoms with van der Waals surface area (Å²) in [5, 5.41) is 1.21. The van der Waals surface area contributed by atoms with E-state index in [1.165, 1.54) is 10.1 Å². The third-order valence-electron chi connectivity index (χ3n) is 5.00. The Balaban J connectivity index is 1.42. The first-order chi connectivity index (χ1) is 12.1. The number of nitrogens with zero attached hydrogens (tertiary/aromatic N) is 4. The number of hydrogen-bond acceptors (Lipinski definition) is 4. The number of amides is 1. The molecule has 4 rings (SSSR count). The molecule has 1 amide bonds. The maximum Gasteiger partial charge on any atom is 0.242 e. The Morgan fingerprint density at radius 3 is 2.44 bits per heavy atom. The molecule has 0 bridgehead atoms. The van der Waals surface area contributed by atoms with Gasteiger partial charge in [0.15, 0.2) is 0 Å². The molecule has 1 aliphatic rings. The minimum absolute atomic E-state index is 0.199. The average Bonchev–Trinajstić information content (AvgIpc) is 3.20. The lowest BCUT2D eigenvalue weighted by Crippen LogP contribution is -2.49. The highest BCUT2D eigenvalue weighted by atomic mass is 32.1. The van der Waals surface area contributed by atoms with Crippen LogP contribution in [0.1, 0.15) is 11.4 Å². The van der Waals surface area contributed by atoms with Gasteiger partial charge in [0.1, 0.15) is 12.4 Å². The van der Waals surface area contributed by atoms with E-state index >= 15 is 0 Å². The van der Waals surface area contributed by atoms with E-state index in [1.54, 1.807) is 11.5 Å². The summed E-state index contributed by atoms with van der Waals surface area (Å²) < 4.78 is 7.94. The molecule has 0 radical (unpaired) electrons. The molecule has 3 aromatic rings. The minimum atomic E-state index is 0.199. The maximum absolute atomic E-state index is 12.6. The second-order valence-electron chi connectivity index (χ2n) is 6.57. The summed E-state index contributed by atoms with van der Waals surface area (Å²) in [6, 6.07) is 12.5. The molecule has 5 nitrogen and oxygen atoms in total. The first kappa shape index (κ1) is 16.1. The Hall–Kier alpha value is -2.34. The van der Waals surface area contributed by atoms with Crippen LogP contribution in [0.2, 0.25) is 0 Å². The topological polar surface area (TPSA) is 41.4 Å². The van der Waals surface area contributed by atoms with Crippen LogP contribution in [0, 0.1) is 13.8 Å². The van der Waals surface area contributed by atoms with Crippen molar-refractivity contribution in [1.29, 1.82) is 0 Å². The molecule has 130 valence electrons. The fourth-order valence-corrected chi connectivity index (χ4v) is 4.25. The number of piperazine rings is 1. The first-order valence-corrected chi connectivity index (χ1v) is 9.40. The van der Waals surface area contributed by atoms with Gasteiger partial charge in [0, 0.05) is 43.0 Å². The zero-order valence-electron chi connectivity index (χ0n) is 14.6. The highest BCUT2D eigenvalue weighted by Crippen LogP contribution is 2.29. The normalized spacial score (nSPS) is 15.1. The Morgan fingerprint density at radius 1 is 1.04 bits per heavy atom. The van der Waals surface area contributed by atoms with Crippen molar-refractivity contribution in [3.8, 4) is 0 Å². The molecule has 1 aliphatic heterocycles. The van der Waals surface area contributed by atoms with Crippen molar-refractivity contribution in [1.82, 2.24) is 13.8 Å². The van der Waals surface area contributed by atoms with E-state index in [9.17, 15) is 4.79 Å². The van der Waals surface area contributed by atoms with Gasteiger partial charge in [-0.2, -0.15) is 4.37 Å². The minimum Gasteiger partial charge on any atom is -0.352 e. The Labute approximate surface area is 151 Å². The lowest BCUT2D eigenvalue weighted by molar-refractivity contribution is -0.132. The maximum atomic E-state index is 12.6. The van der Waals surface area contributed by atoms with Crippen molar-refractivity contribution in [2.75, 3.05) is 31.1 Å². The summed E-state index contributed by atoms with van der Waals surface area (Å²) >= 11 is 1.55. The van der Waals surface area contributed by atoms with Crippen LogP contribution in [-0.4, -0.2) is 45.9 Å². The number of fused-ring (bicyclic) bond motifs is 1. The van der Waals surface area contributed by atoms with Gasteiger partial charge >= 0.3 is 0 Å².